The van der Waals surface area contributed by atoms with Crippen LogP contribution in [0, 0.1) is 6.92 Å². The molecule has 8 nitrogen and oxygen atoms in total. The van der Waals surface area contributed by atoms with Gasteiger partial charge < -0.3 is 9.64 Å². The van der Waals surface area contributed by atoms with E-state index < -0.39 is 11.2 Å². The van der Waals surface area contributed by atoms with Gasteiger partial charge in [0, 0.05) is 24.2 Å². The van der Waals surface area contributed by atoms with Crippen LogP contribution in [0.3, 0.4) is 0 Å². The number of benzene rings is 2. The number of thiophene rings is 1. The molecule has 186 valence electrons. The molecule has 0 spiro atoms. The quantitative estimate of drug-likeness (QED) is 0.339. The van der Waals surface area contributed by atoms with Crippen LogP contribution in [0.5, 0.6) is 5.75 Å². The molecule has 4 aromatic rings. The molecule has 0 aliphatic rings. The van der Waals surface area contributed by atoms with Crippen LogP contribution in [-0.2, 0) is 6.54 Å². The van der Waals surface area contributed by atoms with Gasteiger partial charge in [-0.25, -0.2) is 9.36 Å². The second-order valence-electron chi connectivity index (χ2n) is 8.25. The van der Waals surface area contributed by atoms with E-state index in [1.165, 1.54) is 11.7 Å². The topological polar surface area (TPSA) is 90.6 Å². The first-order valence-corrected chi connectivity index (χ1v) is 12.4. The van der Waals surface area contributed by atoms with Crippen molar-refractivity contribution >= 4 is 33.7 Å². The summed E-state index contributed by atoms with van der Waals surface area (Å²) in [5.74, 6) is 0.328. The smallest absolute Gasteiger partial charge is 0.337 e. The molecule has 0 aliphatic heterocycles. The molecular formula is C27H27N3O5S. The van der Waals surface area contributed by atoms with Crippen LogP contribution >= 0.6 is 11.3 Å². The zero-order chi connectivity index (χ0) is 26.0. The van der Waals surface area contributed by atoms with Crippen molar-refractivity contribution in [2.45, 2.75) is 27.3 Å². The number of aryl methyl sites for hydroxylation is 1. The summed E-state index contributed by atoms with van der Waals surface area (Å²) in [5.41, 5.74) is 0.999. The van der Waals surface area contributed by atoms with E-state index >= 15 is 0 Å². The number of aromatic nitrogens is 2. The van der Waals surface area contributed by atoms with E-state index in [1.807, 2.05) is 13.8 Å². The van der Waals surface area contributed by atoms with Gasteiger partial charge in [0.1, 0.15) is 16.9 Å². The van der Waals surface area contributed by atoms with Crippen molar-refractivity contribution in [3.05, 3.63) is 90.9 Å². The molecule has 0 unspecified atom stereocenters. The minimum atomic E-state index is -0.541. The van der Waals surface area contributed by atoms with Crippen molar-refractivity contribution in [2.24, 2.45) is 0 Å². The van der Waals surface area contributed by atoms with Gasteiger partial charge in [-0.2, -0.15) is 0 Å². The molecule has 0 fully saturated rings. The Morgan fingerprint density at radius 2 is 1.78 bits per heavy atom. The molecule has 0 N–H and O–H groups in total. The summed E-state index contributed by atoms with van der Waals surface area (Å²) < 4.78 is 8.09. The maximum atomic E-state index is 13.8. The SMILES string of the molecule is CCN(CC)C(=O)c1sc2c(c1C)c(=O)n(-c1ccccc1)c(=O)n2Cc1cc(C=O)ccc1OC. The number of methoxy groups -OCH3 is 1. The van der Waals surface area contributed by atoms with Crippen molar-refractivity contribution in [1.82, 2.24) is 14.0 Å². The zero-order valence-electron chi connectivity index (χ0n) is 20.6. The first-order valence-electron chi connectivity index (χ1n) is 11.6. The number of ether oxygens (including phenoxy) is 1. The molecule has 0 saturated heterocycles. The molecule has 2 aromatic carbocycles. The van der Waals surface area contributed by atoms with Crippen LogP contribution in [0.25, 0.3) is 15.9 Å². The number of carbonyl (C=O) groups excluding carboxylic acids is 2. The Morgan fingerprint density at radius 1 is 1.08 bits per heavy atom. The highest BCUT2D eigenvalue weighted by Crippen LogP contribution is 2.30. The summed E-state index contributed by atoms with van der Waals surface area (Å²) in [6.07, 6.45) is 0.725. The molecule has 36 heavy (non-hydrogen) atoms. The van der Waals surface area contributed by atoms with E-state index in [0.29, 0.717) is 56.3 Å². The highest BCUT2D eigenvalue weighted by molar-refractivity contribution is 7.20. The van der Waals surface area contributed by atoms with Gasteiger partial charge in [0.05, 0.1) is 29.6 Å². The highest BCUT2D eigenvalue weighted by Gasteiger charge is 2.26. The minimum absolute atomic E-state index is 0.0478. The van der Waals surface area contributed by atoms with Gasteiger partial charge in [-0.1, -0.05) is 18.2 Å². The van der Waals surface area contributed by atoms with Crippen LogP contribution in [0.2, 0.25) is 0 Å². The largest absolute Gasteiger partial charge is 0.496 e. The molecule has 0 aliphatic carbocycles. The second-order valence-corrected chi connectivity index (χ2v) is 9.25. The predicted molar refractivity (Wildman–Crippen MR) is 141 cm³/mol. The lowest BCUT2D eigenvalue weighted by Gasteiger charge is -2.17. The fourth-order valence-corrected chi connectivity index (χ4v) is 5.57. The van der Waals surface area contributed by atoms with Crippen LogP contribution in [0.1, 0.15) is 45.0 Å². The second kappa shape index (κ2) is 10.3. The van der Waals surface area contributed by atoms with E-state index in [-0.39, 0.29) is 12.5 Å². The summed E-state index contributed by atoms with van der Waals surface area (Å²) in [7, 11) is 1.51. The number of amides is 1. The number of para-hydroxylation sites is 1. The van der Waals surface area contributed by atoms with Gasteiger partial charge in [0.2, 0.25) is 0 Å². The molecule has 9 heteroatoms. The third-order valence-corrected chi connectivity index (χ3v) is 7.54. The minimum Gasteiger partial charge on any atom is -0.496 e. The zero-order valence-corrected chi connectivity index (χ0v) is 21.4. The standard InChI is InChI=1S/C27H27N3O5S/c1-5-28(6-2)25(33)23-17(3)22-24(32)30(20-10-8-7-9-11-20)27(34)29(26(22)36-23)15-19-14-18(16-31)12-13-21(19)35-4/h7-14,16H,5-6,15H2,1-4H3. The monoisotopic (exact) mass is 505 g/mol. The number of hydrogen-bond acceptors (Lipinski definition) is 6. The van der Waals surface area contributed by atoms with Crippen molar-refractivity contribution in [1.29, 1.82) is 0 Å². The summed E-state index contributed by atoms with van der Waals surface area (Å²) >= 11 is 1.14. The normalized spacial score (nSPS) is 11.0. The average molecular weight is 506 g/mol. The van der Waals surface area contributed by atoms with Gasteiger partial charge in [-0.05, 0) is 56.7 Å². The Balaban J connectivity index is 2.07. The fraction of sp³-hybridized carbons (Fsp3) is 0.259. The maximum Gasteiger partial charge on any atom is 0.337 e. The van der Waals surface area contributed by atoms with Crippen molar-refractivity contribution in [3.8, 4) is 11.4 Å². The van der Waals surface area contributed by atoms with Crippen LogP contribution in [0.15, 0.2) is 58.1 Å². The third-order valence-electron chi connectivity index (χ3n) is 6.24. The molecule has 0 saturated carbocycles. The summed E-state index contributed by atoms with van der Waals surface area (Å²) in [5, 5.41) is 0.324. The lowest BCUT2D eigenvalue weighted by molar-refractivity contribution is 0.0777. The number of nitrogens with zero attached hydrogens (tertiary/aromatic N) is 3. The van der Waals surface area contributed by atoms with E-state index in [9.17, 15) is 19.2 Å². The molecule has 1 amide bonds. The summed E-state index contributed by atoms with van der Waals surface area (Å²) in [6.45, 7) is 6.64. The molecule has 0 atom stereocenters. The van der Waals surface area contributed by atoms with Gasteiger partial charge in [0.25, 0.3) is 11.5 Å². The Morgan fingerprint density at radius 3 is 2.39 bits per heavy atom. The molecule has 0 bridgehead atoms. The first kappa shape index (κ1) is 25.1. The number of carbonyl (C=O) groups is 2. The number of aldehydes is 1. The van der Waals surface area contributed by atoms with E-state index in [4.69, 9.17) is 4.74 Å². The Hall–Kier alpha value is -3.98. The lowest BCUT2D eigenvalue weighted by atomic mass is 10.1. The van der Waals surface area contributed by atoms with Gasteiger partial charge in [-0.3, -0.25) is 19.0 Å². The van der Waals surface area contributed by atoms with Crippen molar-refractivity contribution in [2.75, 3.05) is 20.2 Å². The van der Waals surface area contributed by atoms with Crippen LogP contribution < -0.4 is 16.0 Å². The predicted octanol–water partition coefficient (Wildman–Crippen LogP) is 3.87. The molecule has 2 aromatic heterocycles. The number of hydrogen-bond donors (Lipinski definition) is 0. The highest BCUT2D eigenvalue weighted by atomic mass is 32.1. The first-order chi connectivity index (χ1) is 17.4. The Kier molecular flexibility index (Phi) is 7.21. The van der Waals surface area contributed by atoms with Gasteiger partial charge in [0.15, 0.2) is 0 Å². The molecular weight excluding hydrogens is 478 g/mol. The molecule has 0 radical (unpaired) electrons. The summed E-state index contributed by atoms with van der Waals surface area (Å²) in [4.78, 5) is 54.8. The average Bonchev–Trinajstić information content (AvgIpc) is 3.24. The van der Waals surface area contributed by atoms with E-state index in [2.05, 4.69) is 0 Å². The molecule has 4 rings (SSSR count). The summed E-state index contributed by atoms with van der Waals surface area (Å²) in [6, 6.07) is 13.7. The lowest BCUT2D eigenvalue weighted by Crippen LogP contribution is -2.39. The van der Waals surface area contributed by atoms with Gasteiger partial charge in [-0.15, -0.1) is 11.3 Å². The van der Waals surface area contributed by atoms with Crippen molar-refractivity contribution < 1.29 is 14.3 Å². The molecule has 2 heterocycles. The van der Waals surface area contributed by atoms with Crippen LogP contribution in [0.4, 0.5) is 0 Å². The fourth-order valence-electron chi connectivity index (χ4n) is 4.31. The number of fused-ring (bicyclic) bond motifs is 1. The van der Waals surface area contributed by atoms with E-state index in [0.717, 1.165) is 22.2 Å². The Labute approximate surface area is 212 Å². The van der Waals surface area contributed by atoms with E-state index in [1.54, 1.807) is 60.4 Å². The third kappa shape index (κ3) is 4.26. The number of rotatable bonds is 8. The van der Waals surface area contributed by atoms with Crippen molar-refractivity contribution in [3.63, 3.8) is 0 Å². The van der Waals surface area contributed by atoms with Crippen LogP contribution in [-0.4, -0.2) is 46.4 Å². The van der Waals surface area contributed by atoms with Gasteiger partial charge >= 0.3 is 5.69 Å². The maximum absolute atomic E-state index is 13.8. The Bertz CT molecular complexity index is 1560.